The molecule has 6 heteroatoms. The molecule has 0 aliphatic carbocycles. The molecule has 0 spiro atoms. The molecule has 1 aromatic carbocycles. The molecule has 1 aliphatic heterocycles. The fourth-order valence-corrected chi connectivity index (χ4v) is 3.24. The third kappa shape index (κ3) is 2.40. The molecule has 0 bridgehead atoms. The van der Waals surface area contributed by atoms with E-state index >= 15 is 0 Å². The molecule has 0 radical (unpaired) electrons. The van der Waals surface area contributed by atoms with Crippen LogP contribution in [-0.4, -0.2) is 17.4 Å². The van der Waals surface area contributed by atoms with Crippen LogP contribution < -0.4 is 5.73 Å². The molecule has 2 N–H and O–H groups in total. The van der Waals surface area contributed by atoms with Crippen LogP contribution in [0.5, 0.6) is 0 Å². The lowest BCUT2D eigenvalue weighted by molar-refractivity contribution is 0.218. The Balaban J connectivity index is 1.96. The highest BCUT2D eigenvalue weighted by Crippen LogP contribution is 2.35. The van der Waals surface area contributed by atoms with Crippen molar-refractivity contribution in [1.29, 1.82) is 0 Å². The van der Waals surface area contributed by atoms with Gasteiger partial charge in [0.05, 0.1) is 18.6 Å². The summed E-state index contributed by atoms with van der Waals surface area (Å²) in [5, 5.41) is 1.99. The Kier molecular flexibility index (Phi) is 3.41. The summed E-state index contributed by atoms with van der Waals surface area (Å²) in [5.41, 5.74) is 6.09. The van der Waals surface area contributed by atoms with Crippen molar-refractivity contribution in [2.75, 3.05) is 6.54 Å². The van der Waals surface area contributed by atoms with Crippen LogP contribution in [0.2, 0.25) is 0 Å². The minimum atomic E-state index is -0.852. The summed E-state index contributed by atoms with van der Waals surface area (Å²) in [4.78, 5) is 7.37. The Morgan fingerprint density at radius 2 is 2.14 bits per heavy atom. The molecular weight excluding hydrogens is 292 g/mol. The van der Waals surface area contributed by atoms with E-state index in [0.29, 0.717) is 24.6 Å². The standard InChI is InChI=1S/C15H15F2N3S/c1-15(10-4-5-12(16)13(17)7-10)9-19-14(18)20(15)8-11-3-2-6-21-11/h2-7H,8-9H2,1H3,(H2,18,19). The summed E-state index contributed by atoms with van der Waals surface area (Å²) in [6, 6.07) is 7.95. The molecule has 0 amide bonds. The van der Waals surface area contributed by atoms with Gasteiger partial charge < -0.3 is 10.6 Å². The van der Waals surface area contributed by atoms with Gasteiger partial charge in [-0.05, 0) is 36.1 Å². The molecule has 1 atom stereocenters. The number of hydrogen-bond acceptors (Lipinski definition) is 4. The quantitative estimate of drug-likeness (QED) is 0.947. The van der Waals surface area contributed by atoms with Crippen LogP contribution in [0.15, 0.2) is 40.7 Å². The van der Waals surface area contributed by atoms with E-state index in [1.807, 2.05) is 29.3 Å². The van der Waals surface area contributed by atoms with Crippen LogP contribution in [0.3, 0.4) is 0 Å². The number of hydrogen-bond donors (Lipinski definition) is 1. The van der Waals surface area contributed by atoms with Crippen LogP contribution in [0, 0.1) is 11.6 Å². The number of guanidine groups is 1. The zero-order valence-corrected chi connectivity index (χ0v) is 12.3. The second kappa shape index (κ2) is 5.11. The maximum atomic E-state index is 13.5. The van der Waals surface area contributed by atoms with E-state index < -0.39 is 17.2 Å². The van der Waals surface area contributed by atoms with Crippen molar-refractivity contribution in [3.8, 4) is 0 Å². The van der Waals surface area contributed by atoms with Gasteiger partial charge in [0, 0.05) is 4.88 Å². The van der Waals surface area contributed by atoms with Gasteiger partial charge in [0.15, 0.2) is 17.6 Å². The second-order valence-corrected chi connectivity index (χ2v) is 6.27. The molecule has 110 valence electrons. The smallest absolute Gasteiger partial charge is 0.192 e. The molecular formula is C15H15F2N3S. The minimum absolute atomic E-state index is 0.426. The third-order valence-corrected chi connectivity index (χ3v) is 4.72. The summed E-state index contributed by atoms with van der Waals surface area (Å²) >= 11 is 1.63. The maximum Gasteiger partial charge on any atom is 0.192 e. The number of aliphatic imine (C=N–C) groups is 1. The lowest BCUT2D eigenvalue weighted by Crippen LogP contribution is -2.46. The van der Waals surface area contributed by atoms with E-state index in [4.69, 9.17) is 5.73 Å². The van der Waals surface area contributed by atoms with E-state index in [9.17, 15) is 8.78 Å². The number of rotatable bonds is 3. The van der Waals surface area contributed by atoms with Gasteiger partial charge in [-0.25, -0.2) is 8.78 Å². The van der Waals surface area contributed by atoms with Crippen LogP contribution in [0.4, 0.5) is 8.78 Å². The van der Waals surface area contributed by atoms with Crippen molar-refractivity contribution in [1.82, 2.24) is 4.90 Å². The first-order chi connectivity index (χ1) is 10.0. The predicted octanol–water partition coefficient (Wildman–Crippen LogP) is 3.07. The van der Waals surface area contributed by atoms with Crippen LogP contribution in [0.25, 0.3) is 0 Å². The lowest BCUT2D eigenvalue weighted by Gasteiger charge is -2.36. The second-order valence-electron chi connectivity index (χ2n) is 5.24. The fourth-order valence-electron chi connectivity index (χ4n) is 2.55. The highest BCUT2D eigenvalue weighted by atomic mass is 32.1. The predicted molar refractivity (Wildman–Crippen MR) is 80.1 cm³/mol. The van der Waals surface area contributed by atoms with Gasteiger partial charge in [-0.3, -0.25) is 4.99 Å². The molecule has 0 fully saturated rings. The molecule has 0 saturated heterocycles. The molecule has 3 rings (SSSR count). The van der Waals surface area contributed by atoms with Crippen molar-refractivity contribution < 1.29 is 8.78 Å². The molecule has 1 unspecified atom stereocenters. The van der Waals surface area contributed by atoms with Crippen molar-refractivity contribution in [2.45, 2.75) is 19.0 Å². The number of thiophene rings is 1. The van der Waals surface area contributed by atoms with Crippen molar-refractivity contribution in [2.24, 2.45) is 10.7 Å². The van der Waals surface area contributed by atoms with E-state index in [-0.39, 0.29) is 0 Å². The van der Waals surface area contributed by atoms with Gasteiger partial charge in [0.25, 0.3) is 0 Å². The minimum Gasteiger partial charge on any atom is -0.370 e. The highest BCUT2D eigenvalue weighted by molar-refractivity contribution is 7.09. The summed E-state index contributed by atoms with van der Waals surface area (Å²) in [6.07, 6.45) is 0. The number of nitrogens with two attached hydrogens (primary N) is 1. The van der Waals surface area contributed by atoms with Gasteiger partial charge in [-0.15, -0.1) is 11.3 Å². The zero-order valence-electron chi connectivity index (χ0n) is 11.5. The normalized spacial score (nSPS) is 21.7. The highest BCUT2D eigenvalue weighted by Gasteiger charge is 2.40. The van der Waals surface area contributed by atoms with Crippen LogP contribution in [0.1, 0.15) is 17.4 Å². The summed E-state index contributed by atoms with van der Waals surface area (Å²) in [5.74, 6) is -1.27. The Bertz CT molecular complexity index is 684. The lowest BCUT2D eigenvalue weighted by atomic mass is 9.91. The molecule has 2 aromatic rings. The van der Waals surface area contributed by atoms with Gasteiger partial charge in [0.2, 0.25) is 0 Å². The molecule has 0 saturated carbocycles. The Hall–Kier alpha value is -1.95. The SMILES string of the molecule is CC1(c2ccc(F)c(F)c2)CN=C(N)N1Cc1cccs1. The van der Waals surface area contributed by atoms with E-state index in [2.05, 4.69) is 4.99 Å². The Morgan fingerprint density at radius 3 is 2.81 bits per heavy atom. The number of nitrogens with zero attached hydrogens (tertiary/aromatic N) is 2. The Labute approximate surface area is 125 Å². The molecule has 1 aromatic heterocycles. The molecule has 2 heterocycles. The first-order valence-corrected chi connectivity index (χ1v) is 7.44. The van der Waals surface area contributed by atoms with Crippen LogP contribution >= 0.6 is 11.3 Å². The summed E-state index contributed by atoms with van der Waals surface area (Å²) < 4.78 is 26.7. The fraction of sp³-hybridized carbons (Fsp3) is 0.267. The van der Waals surface area contributed by atoms with Crippen molar-refractivity contribution in [3.05, 3.63) is 57.8 Å². The summed E-state index contributed by atoms with van der Waals surface area (Å²) in [6.45, 7) is 2.97. The Morgan fingerprint density at radius 1 is 1.33 bits per heavy atom. The van der Waals surface area contributed by atoms with Crippen molar-refractivity contribution >= 4 is 17.3 Å². The summed E-state index contributed by atoms with van der Waals surface area (Å²) in [7, 11) is 0. The topological polar surface area (TPSA) is 41.6 Å². The average molecular weight is 307 g/mol. The van der Waals surface area contributed by atoms with E-state index in [0.717, 1.165) is 10.9 Å². The first-order valence-electron chi connectivity index (χ1n) is 6.56. The molecule has 3 nitrogen and oxygen atoms in total. The maximum absolute atomic E-state index is 13.5. The monoisotopic (exact) mass is 307 g/mol. The van der Waals surface area contributed by atoms with Gasteiger partial charge in [-0.1, -0.05) is 12.1 Å². The number of benzene rings is 1. The first kappa shape index (κ1) is 14.0. The third-order valence-electron chi connectivity index (χ3n) is 3.86. The average Bonchev–Trinajstić information content (AvgIpc) is 3.06. The van der Waals surface area contributed by atoms with E-state index in [1.54, 1.807) is 17.4 Å². The van der Waals surface area contributed by atoms with Crippen LogP contribution in [-0.2, 0) is 12.1 Å². The molecule has 1 aliphatic rings. The zero-order chi connectivity index (χ0) is 15.0. The number of halogens is 2. The largest absolute Gasteiger partial charge is 0.370 e. The van der Waals surface area contributed by atoms with E-state index in [1.165, 1.54) is 6.07 Å². The van der Waals surface area contributed by atoms with Gasteiger partial charge in [0.1, 0.15) is 0 Å². The van der Waals surface area contributed by atoms with Crippen molar-refractivity contribution in [3.63, 3.8) is 0 Å². The molecule has 21 heavy (non-hydrogen) atoms. The van der Waals surface area contributed by atoms with Gasteiger partial charge >= 0.3 is 0 Å². The van der Waals surface area contributed by atoms with Gasteiger partial charge in [-0.2, -0.15) is 0 Å².